The summed E-state index contributed by atoms with van der Waals surface area (Å²) in [6.07, 6.45) is 6.12. The van der Waals surface area contributed by atoms with Crippen LogP contribution in [-0.4, -0.2) is 22.2 Å². The van der Waals surface area contributed by atoms with Gasteiger partial charge in [-0.15, -0.1) is 0 Å². The lowest BCUT2D eigenvalue weighted by atomic mass is 10.1. The smallest absolute Gasteiger partial charge is 0.228 e. The number of anilines is 1. The molecular weight excluding hydrogens is 326 g/mol. The van der Waals surface area contributed by atoms with Crippen molar-refractivity contribution in [3.05, 3.63) is 59.5 Å². The Morgan fingerprint density at radius 3 is 2.96 bits per heavy atom. The maximum atomic E-state index is 12.4. The standard InChI is InChI=1S/C18H18ClN3O2/c1-2-9-24-22-12-13(14-5-3-4-6-17(14)22)10-18(23)21-16-7-8-20-11-15(16)19/h3-8,11-12H,2,9-10H2,1H3,(H,20,21,23). The molecule has 1 amide bonds. The molecule has 6 heteroatoms. The van der Waals surface area contributed by atoms with Crippen molar-refractivity contribution < 1.29 is 9.63 Å². The fourth-order valence-corrected chi connectivity index (χ4v) is 2.67. The van der Waals surface area contributed by atoms with Crippen LogP contribution in [0.5, 0.6) is 0 Å². The Bertz CT molecular complexity index is 860. The number of carbonyl (C=O) groups excluding carboxylic acids is 1. The SMILES string of the molecule is CCCOn1cc(CC(=O)Nc2ccncc2Cl)c2ccccc21. The topological polar surface area (TPSA) is 56.1 Å². The minimum atomic E-state index is -0.138. The van der Waals surface area contributed by atoms with Crippen LogP contribution in [0.4, 0.5) is 5.69 Å². The van der Waals surface area contributed by atoms with Crippen LogP contribution in [0.25, 0.3) is 10.9 Å². The van der Waals surface area contributed by atoms with Crippen LogP contribution in [0.1, 0.15) is 18.9 Å². The minimum Gasteiger partial charge on any atom is -0.414 e. The predicted octanol–water partition coefficient (Wildman–Crippen LogP) is 3.71. The molecule has 3 aromatic rings. The zero-order chi connectivity index (χ0) is 16.9. The van der Waals surface area contributed by atoms with Gasteiger partial charge < -0.3 is 10.2 Å². The molecule has 124 valence electrons. The van der Waals surface area contributed by atoms with E-state index in [2.05, 4.69) is 17.2 Å². The fraction of sp³-hybridized carbons (Fsp3) is 0.222. The number of benzene rings is 1. The van der Waals surface area contributed by atoms with Gasteiger partial charge in [-0.2, -0.15) is 4.73 Å². The minimum absolute atomic E-state index is 0.138. The maximum Gasteiger partial charge on any atom is 0.228 e. The summed E-state index contributed by atoms with van der Waals surface area (Å²) in [7, 11) is 0. The lowest BCUT2D eigenvalue weighted by Crippen LogP contribution is -2.15. The number of hydrogen-bond acceptors (Lipinski definition) is 3. The van der Waals surface area contributed by atoms with Gasteiger partial charge in [0.1, 0.15) is 6.61 Å². The highest BCUT2D eigenvalue weighted by Crippen LogP contribution is 2.23. The number of nitrogens with zero attached hydrogens (tertiary/aromatic N) is 2. The molecule has 0 saturated carbocycles. The monoisotopic (exact) mass is 343 g/mol. The molecule has 0 aliphatic carbocycles. The second kappa shape index (κ2) is 7.36. The molecule has 24 heavy (non-hydrogen) atoms. The van der Waals surface area contributed by atoms with E-state index < -0.39 is 0 Å². The summed E-state index contributed by atoms with van der Waals surface area (Å²) in [6, 6.07) is 9.55. The Hall–Kier alpha value is -2.53. The number of rotatable bonds is 6. The highest BCUT2D eigenvalue weighted by molar-refractivity contribution is 6.33. The summed E-state index contributed by atoms with van der Waals surface area (Å²) in [6.45, 7) is 2.68. The third-order valence-corrected chi connectivity index (χ3v) is 3.89. The lowest BCUT2D eigenvalue weighted by molar-refractivity contribution is -0.115. The summed E-state index contributed by atoms with van der Waals surface area (Å²) in [5.74, 6) is -0.138. The number of amides is 1. The Kier molecular flexibility index (Phi) is 5.01. The zero-order valence-electron chi connectivity index (χ0n) is 13.3. The number of pyridine rings is 1. The fourth-order valence-electron chi connectivity index (χ4n) is 2.50. The Labute approximate surface area is 145 Å². The van der Waals surface area contributed by atoms with Crippen LogP contribution in [-0.2, 0) is 11.2 Å². The van der Waals surface area contributed by atoms with Gasteiger partial charge in [-0.3, -0.25) is 9.78 Å². The van der Waals surface area contributed by atoms with E-state index in [9.17, 15) is 4.79 Å². The molecule has 0 atom stereocenters. The van der Waals surface area contributed by atoms with Crippen molar-refractivity contribution in [1.29, 1.82) is 0 Å². The molecule has 0 aliphatic heterocycles. The summed E-state index contributed by atoms with van der Waals surface area (Å²) in [4.78, 5) is 22.0. The first-order chi connectivity index (χ1) is 11.7. The Morgan fingerprint density at radius 1 is 1.33 bits per heavy atom. The molecule has 0 bridgehead atoms. The number of fused-ring (bicyclic) bond motifs is 1. The highest BCUT2D eigenvalue weighted by atomic mass is 35.5. The molecule has 1 aromatic carbocycles. The number of para-hydroxylation sites is 1. The van der Waals surface area contributed by atoms with Gasteiger partial charge in [0.2, 0.25) is 5.91 Å². The summed E-state index contributed by atoms with van der Waals surface area (Å²) in [5, 5.41) is 4.24. The van der Waals surface area contributed by atoms with Gasteiger partial charge in [-0.1, -0.05) is 36.7 Å². The van der Waals surface area contributed by atoms with Gasteiger partial charge in [-0.25, -0.2) is 0 Å². The van der Waals surface area contributed by atoms with E-state index >= 15 is 0 Å². The molecular formula is C18H18ClN3O2. The molecule has 0 saturated heterocycles. The molecule has 0 radical (unpaired) electrons. The normalized spacial score (nSPS) is 10.8. The molecule has 0 aliphatic rings. The average molecular weight is 344 g/mol. The Balaban J connectivity index is 1.82. The van der Waals surface area contributed by atoms with Crippen molar-refractivity contribution >= 4 is 34.1 Å². The number of carbonyl (C=O) groups is 1. The molecule has 0 unspecified atom stereocenters. The first-order valence-electron chi connectivity index (χ1n) is 7.80. The maximum absolute atomic E-state index is 12.4. The number of nitrogens with one attached hydrogen (secondary N) is 1. The summed E-state index contributed by atoms with van der Waals surface area (Å²) < 4.78 is 1.74. The van der Waals surface area contributed by atoms with Gasteiger partial charge in [0, 0.05) is 24.0 Å². The molecule has 0 fully saturated rings. The Morgan fingerprint density at radius 2 is 2.17 bits per heavy atom. The second-order valence-electron chi connectivity index (χ2n) is 5.41. The van der Waals surface area contributed by atoms with E-state index in [1.807, 2.05) is 30.5 Å². The largest absolute Gasteiger partial charge is 0.414 e. The van der Waals surface area contributed by atoms with Crippen molar-refractivity contribution in [1.82, 2.24) is 9.71 Å². The first kappa shape index (κ1) is 16.3. The van der Waals surface area contributed by atoms with Gasteiger partial charge in [-0.05, 0) is 24.1 Å². The van der Waals surface area contributed by atoms with Crippen LogP contribution in [0.3, 0.4) is 0 Å². The van der Waals surface area contributed by atoms with Gasteiger partial charge in [0.15, 0.2) is 0 Å². The van der Waals surface area contributed by atoms with E-state index in [-0.39, 0.29) is 12.3 Å². The molecule has 2 heterocycles. The second-order valence-corrected chi connectivity index (χ2v) is 5.82. The summed E-state index contributed by atoms with van der Waals surface area (Å²) in [5.41, 5.74) is 2.42. The van der Waals surface area contributed by atoms with Crippen molar-refractivity contribution in [2.24, 2.45) is 0 Å². The van der Waals surface area contributed by atoms with Crippen LogP contribution < -0.4 is 10.2 Å². The van der Waals surface area contributed by atoms with Crippen molar-refractivity contribution in [3.8, 4) is 0 Å². The molecule has 3 rings (SSSR count). The molecule has 0 spiro atoms. The quantitative estimate of drug-likeness (QED) is 0.742. The van der Waals surface area contributed by atoms with E-state index in [1.165, 1.54) is 6.20 Å². The summed E-state index contributed by atoms with van der Waals surface area (Å²) >= 11 is 6.03. The average Bonchev–Trinajstić information content (AvgIpc) is 2.93. The van der Waals surface area contributed by atoms with Gasteiger partial charge >= 0.3 is 0 Å². The third-order valence-electron chi connectivity index (χ3n) is 3.59. The van der Waals surface area contributed by atoms with Gasteiger partial charge in [0.05, 0.1) is 22.6 Å². The molecule has 1 N–H and O–H groups in total. The molecule has 2 aromatic heterocycles. The highest BCUT2D eigenvalue weighted by Gasteiger charge is 2.13. The van der Waals surface area contributed by atoms with Crippen LogP contribution in [0.2, 0.25) is 5.02 Å². The first-order valence-corrected chi connectivity index (χ1v) is 8.18. The number of halogens is 1. The van der Waals surface area contributed by atoms with Crippen molar-refractivity contribution in [2.45, 2.75) is 19.8 Å². The van der Waals surface area contributed by atoms with Crippen molar-refractivity contribution in [2.75, 3.05) is 11.9 Å². The van der Waals surface area contributed by atoms with Crippen LogP contribution in [0.15, 0.2) is 48.9 Å². The molecule has 5 nitrogen and oxygen atoms in total. The van der Waals surface area contributed by atoms with Gasteiger partial charge in [0.25, 0.3) is 0 Å². The van der Waals surface area contributed by atoms with E-state index in [0.717, 1.165) is 22.9 Å². The van der Waals surface area contributed by atoms with Crippen LogP contribution >= 0.6 is 11.6 Å². The van der Waals surface area contributed by atoms with E-state index in [0.29, 0.717) is 17.3 Å². The predicted molar refractivity (Wildman–Crippen MR) is 95.3 cm³/mol. The van der Waals surface area contributed by atoms with Crippen LogP contribution in [0, 0.1) is 0 Å². The lowest BCUT2D eigenvalue weighted by Gasteiger charge is -2.06. The number of hydrogen-bond donors (Lipinski definition) is 1. The van der Waals surface area contributed by atoms with E-state index in [1.54, 1.807) is 17.0 Å². The van der Waals surface area contributed by atoms with E-state index in [4.69, 9.17) is 16.4 Å². The number of aromatic nitrogens is 2. The third kappa shape index (κ3) is 3.51. The van der Waals surface area contributed by atoms with Crippen molar-refractivity contribution in [3.63, 3.8) is 0 Å². The zero-order valence-corrected chi connectivity index (χ0v) is 14.1.